The number of nitrogens with zero attached hydrogens (tertiary/aromatic N) is 2. The van der Waals surface area contributed by atoms with E-state index in [0.717, 1.165) is 19.5 Å². The van der Waals surface area contributed by atoms with Gasteiger partial charge in [-0.1, -0.05) is 6.92 Å². The van der Waals surface area contributed by atoms with Crippen molar-refractivity contribution in [3.05, 3.63) is 40.1 Å². The summed E-state index contributed by atoms with van der Waals surface area (Å²) in [6.45, 7) is 4.30. The summed E-state index contributed by atoms with van der Waals surface area (Å²) >= 11 is 1.91. The second kappa shape index (κ2) is 5.24. The van der Waals surface area contributed by atoms with Crippen molar-refractivity contribution in [1.29, 1.82) is 0 Å². The van der Waals surface area contributed by atoms with Gasteiger partial charge in [-0.05, 0) is 37.9 Å². The van der Waals surface area contributed by atoms with Gasteiger partial charge in [0.05, 0.1) is 18.6 Å². The number of nitrogens with one attached hydrogen (secondary N) is 1. The molecule has 1 saturated heterocycles. The Kier molecular flexibility index (Phi) is 3.48. The van der Waals surface area contributed by atoms with Crippen LogP contribution < -0.4 is 5.32 Å². The summed E-state index contributed by atoms with van der Waals surface area (Å²) in [5, 5.41) is 3.54. The third-order valence-electron chi connectivity index (χ3n) is 3.55. The lowest BCUT2D eigenvalue weighted by molar-refractivity contribution is 0.586. The van der Waals surface area contributed by atoms with Gasteiger partial charge in [0.2, 0.25) is 0 Å². The molecule has 1 N–H and O–H groups in total. The van der Waals surface area contributed by atoms with Gasteiger partial charge < -0.3 is 9.88 Å². The van der Waals surface area contributed by atoms with Crippen LogP contribution in [0.1, 0.15) is 41.3 Å². The van der Waals surface area contributed by atoms with E-state index in [1.165, 1.54) is 28.3 Å². The lowest BCUT2D eigenvalue weighted by Crippen LogP contribution is -2.16. The lowest BCUT2D eigenvalue weighted by Gasteiger charge is -2.13. The fraction of sp³-hybridized carbons (Fsp3) is 0.500. The van der Waals surface area contributed by atoms with Crippen LogP contribution >= 0.6 is 11.3 Å². The molecule has 2 aromatic rings. The molecular weight excluding hydrogens is 242 g/mol. The summed E-state index contributed by atoms with van der Waals surface area (Å²) in [4.78, 5) is 7.20. The van der Waals surface area contributed by atoms with Crippen molar-refractivity contribution in [3.8, 4) is 0 Å². The molecule has 0 saturated carbocycles. The second-order valence-corrected chi connectivity index (χ2v) is 6.07. The fourth-order valence-electron chi connectivity index (χ4n) is 2.56. The first-order valence-corrected chi connectivity index (χ1v) is 7.49. The lowest BCUT2D eigenvalue weighted by atomic mass is 10.2. The maximum atomic E-state index is 4.32. The van der Waals surface area contributed by atoms with Crippen LogP contribution in [-0.4, -0.2) is 16.1 Å². The number of aryl methyl sites for hydroxylation is 1. The van der Waals surface area contributed by atoms with Gasteiger partial charge >= 0.3 is 0 Å². The van der Waals surface area contributed by atoms with Crippen LogP contribution in [0.5, 0.6) is 0 Å². The van der Waals surface area contributed by atoms with Gasteiger partial charge in [0.25, 0.3) is 0 Å². The number of hydrogen-bond acceptors (Lipinski definition) is 3. The van der Waals surface area contributed by atoms with Crippen molar-refractivity contribution in [2.75, 3.05) is 6.54 Å². The van der Waals surface area contributed by atoms with Crippen LogP contribution in [-0.2, 0) is 13.0 Å². The highest BCUT2D eigenvalue weighted by molar-refractivity contribution is 7.11. The average molecular weight is 261 g/mol. The summed E-state index contributed by atoms with van der Waals surface area (Å²) in [6.07, 6.45) is 7.61. The zero-order chi connectivity index (χ0) is 12.4. The number of imidazole rings is 1. The molecule has 1 aliphatic rings. The summed E-state index contributed by atoms with van der Waals surface area (Å²) in [5.41, 5.74) is 1.33. The summed E-state index contributed by atoms with van der Waals surface area (Å²) in [7, 11) is 0. The topological polar surface area (TPSA) is 29.9 Å². The molecule has 1 fully saturated rings. The number of thiophene rings is 1. The van der Waals surface area contributed by atoms with Gasteiger partial charge in [0, 0.05) is 22.0 Å². The van der Waals surface area contributed by atoms with Crippen LogP contribution in [0, 0.1) is 0 Å². The molecule has 4 heteroatoms. The zero-order valence-corrected chi connectivity index (χ0v) is 11.5. The standard InChI is InChI=1S/C14H19N3S/c1-2-11-5-6-12(18-11)9-17-10-15-8-14(17)13-4-3-7-16-13/h5-6,8,10,13,16H,2-4,7,9H2,1H3/t13-/m0/s1. The van der Waals surface area contributed by atoms with Gasteiger partial charge in [0.1, 0.15) is 0 Å². The molecule has 1 atom stereocenters. The van der Waals surface area contributed by atoms with Crippen LogP contribution in [0.3, 0.4) is 0 Å². The molecule has 0 unspecified atom stereocenters. The Morgan fingerprint density at radius 3 is 3.06 bits per heavy atom. The van der Waals surface area contributed by atoms with Crippen molar-refractivity contribution in [2.24, 2.45) is 0 Å². The molecular formula is C14H19N3S. The minimum Gasteiger partial charge on any atom is -0.328 e. The highest BCUT2D eigenvalue weighted by Gasteiger charge is 2.19. The van der Waals surface area contributed by atoms with E-state index in [1.807, 2.05) is 23.9 Å². The highest BCUT2D eigenvalue weighted by Crippen LogP contribution is 2.24. The van der Waals surface area contributed by atoms with E-state index in [-0.39, 0.29) is 0 Å². The Morgan fingerprint density at radius 1 is 1.44 bits per heavy atom. The predicted molar refractivity (Wildman–Crippen MR) is 75.0 cm³/mol. The molecule has 0 aromatic carbocycles. The summed E-state index contributed by atoms with van der Waals surface area (Å²) < 4.78 is 2.29. The Morgan fingerprint density at radius 2 is 2.33 bits per heavy atom. The monoisotopic (exact) mass is 261 g/mol. The molecule has 0 bridgehead atoms. The third kappa shape index (κ3) is 2.35. The van der Waals surface area contributed by atoms with Crippen molar-refractivity contribution in [3.63, 3.8) is 0 Å². The first-order chi connectivity index (χ1) is 8.86. The van der Waals surface area contributed by atoms with Crippen molar-refractivity contribution in [2.45, 2.75) is 38.8 Å². The number of hydrogen-bond donors (Lipinski definition) is 1. The van der Waals surface area contributed by atoms with E-state index in [2.05, 4.69) is 33.9 Å². The van der Waals surface area contributed by atoms with Crippen LogP contribution in [0.2, 0.25) is 0 Å². The molecule has 96 valence electrons. The van der Waals surface area contributed by atoms with Crippen LogP contribution in [0.15, 0.2) is 24.7 Å². The Balaban J connectivity index is 1.78. The van der Waals surface area contributed by atoms with Gasteiger partial charge in [-0.25, -0.2) is 4.98 Å². The van der Waals surface area contributed by atoms with E-state index in [0.29, 0.717) is 6.04 Å². The number of aromatic nitrogens is 2. The quantitative estimate of drug-likeness (QED) is 0.917. The van der Waals surface area contributed by atoms with E-state index < -0.39 is 0 Å². The summed E-state index contributed by atoms with van der Waals surface area (Å²) in [6, 6.07) is 4.98. The van der Waals surface area contributed by atoms with Crippen molar-refractivity contribution < 1.29 is 0 Å². The smallest absolute Gasteiger partial charge is 0.0952 e. The maximum Gasteiger partial charge on any atom is 0.0952 e. The minimum atomic E-state index is 0.498. The van der Waals surface area contributed by atoms with E-state index in [1.54, 1.807) is 0 Å². The largest absolute Gasteiger partial charge is 0.328 e. The Labute approximate surface area is 112 Å². The third-order valence-corrected chi connectivity index (χ3v) is 4.77. The molecule has 3 rings (SSSR count). The highest BCUT2D eigenvalue weighted by atomic mass is 32.1. The molecule has 0 aliphatic carbocycles. The normalized spacial score (nSPS) is 19.5. The average Bonchev–Trinajstić information content (AvgIpc) is 3.09. The Bertz CT molecular complexity index is 509. The first-order valence-electron chi connectivity index (χ1n) is 6.68. The van der Waals surface area contributed by atoms with Gasteiger partial charge in [-0.15, -0.1) is 11.3 Å². The minimum absolute atomic E-state index is 0.498. The SMILES string of the molecule is CCc1ccc(Cn2cncc2[C@@H]2CCCN2)s1. The molecule has 0 spiro atoms. The van der Waals surface area contributed by atoms with Crippen LogP contribution in [0.4, 0.5) is 0 Å². The van der Waals surface area contributed by atoms with Gasteiger partial charge in [-0.2, -0.15) is 0 Å². The fourth-order valence-corrected chi connectivity index (χ4v) is 3.51. The molecule has 3 nitrogen and oxygen atoms in total. The van der Waals surface area contributed by atoms with Crippen LogP contribution in [0.25, 0.3) is 0 Å². The first kappa shape index (κ1) is 11.9. The molecule has 0 amide bonds. The summed E-state index contributed by atoms with van der Waals surface area (Å²) in [5.74, 6) is 0. The van der Waals surface area contributed by atoms with Gasteiger partial charge in [-0.3, -0.25) is 0 Å². The molecule has 3 heterocycles. The number of rotatable bonds is 4. The molecule has 0 radical (unpaired) electrons. The molecule has 18 heavy (non-hydrogen) atoms. The van der Waals surface area contributed by atoms with E-state index in [9.17, 15) is 0 Å². The van der Waals surface area contributed by atoms with E-state index >= 15 is 0 Å². The molecule has 2 aromatic heterocycles. The van der Waals surface area contributed by atoms with E-state index in [4.69, 9.17) is 0 Å². The van der Waals surface area contributed by atoms with Crippen molar-refractivity contribution >= 4 is 11.3 Å². The predicted octanol–water partition coefficient (Wildman–Crippen LogP) is 2.98. The maximum absolute atomic E-state index is 4.32. The van der Waals surface area contributed by atoms with Crippen molar-refractivity contribution in [1.82, 2.24) is 14.9 Å². The van der Waals surface area contributed by atoms with Gasteiger partial charge in [0.15, 0.2) is 0 Å². The zero-order valence-electron chi connectivity index (χ0n) is 10.7. The Hall–Kier alpha value is -1.13. The second-order valence-electron chi connectivity index (χ2n) is 4.82. The molecule has 1 aliphatic heterocycles.